The smallest absolute Gasteiger partial charge is 0.407 e. The van der Waals surface area contributed by atoms with Gasteiger partial charge >= 0.3 is 6.18 Å². The first-order valence-corrected chi connectivity index (χ1v) is 8.33. The van der Waals surface area contributed by atoms with Gasteiger partial charge in [-0.05, 0) is 35.9 Å². The second-order valence-electron chi connectivity index (χ2n) is 5.90. The van der Waals surface area contributed by atoms with Gasteiger partial charge in [0.05, 0.1) is 31.2 Å². The number of aromatic nitrogens is 1. The Morgan fingerprint density at radius 3 is 2.31 bits per heavy atom. The number of hydrogen-bond acceptors (Lipinski definition) is 3. The van der Waals surface area contributed by atoms with Crippen LogP contribution >= 0.6 is 0 Å². The molecule has 0 atom stereocenters. The lowest BCUT2D eigenvalue weighted by Gasteiger charge is -2.14. The highest BCUT2D eigenvalue weighted by Gasteiger charge is 2.36. The van der Waals surface area contributed by atoms with Crippen molar-refractivity contribution in [1.29, 1.82) is 0 Å². The Kier molecular flexibility index (Phi) is 5.50. The van der Waals surface area contributed by atoms with Crippen LogP contribution in [0.15, 0.2) is 70.6 Å². The summed E-state index contributed by atoms with van der Waals surface area (Å²) in [7, 11) is 1.52. The maximum atomic E-state index is 13.4. The highest BCUT2D eigenvalue weighted by Crippen LogP contribution is 2.37. The van der Waals surface area contributed by atoms with Crippen LogP contribution < -0.4 is 10.3 Å². The van der Waals surface area contributed by atoms with E-state index in [1.807, 2.05) is 0 Å². The predicted molar refractivity (Wildman–Crippen MR) is 103 cm³/mol. The molecule has 0 bridgehead atoms. The second-order valence-corrected chi connectivity index (χ2v) is 5.90. The quantitative estimate of drug-likeness (QED) is 0.461. The summed E-state index contributed by atoms with van der Waals surface area (Å²) in [5, 5.41) is 4.07. The highest BCUT2D eigenvalue weighted by molar-refractivity contribution is 5.80. The van der Waals surface area contributed by atoms with E-state index in [2.05, 4.69) is 9.95 Å². The maximum Gasteiger partial charge on any atom is 0.407 e. The molecule has 3 rings (SSSR count). The molecule has 1 heterocycles. The summed E-state index contributed by atoms with van der Waals surface area (Å²) in [6.45, 7) is 7.06. The number of hydrogen-bond donors (Lipinski definition) is 0. The normalized spacial score (nSPS) is 11.4. The zero-order valence-electron chi connectivity index (χ0n) is 15.1. The van der Waals surface area contributed by atoms with E-state index in [1.54, 1.807) is 54.6 Å². The molecule has 146 valence electrons. The lowest BCUT2D eigenvalue weighted by molar-refractivity contribution is -0.136. The first kappa shape index (κ1) is 19.9. The summed E-state index contributed by atoms with van der Waals surface area (Å²) < 4.78 is 46.1. The minimum Gasteiger partial charge on any atom is -0.497 e. The fraction of sp³-hybridized carbons (Fsp3) is 0.0952. The lowest BCUT2D eigenvalue weighted by atomic mass is 10.1. The Balaban J connectivity index is 2.22. The zero-order valence-corrected chi connectivity index (χ0v) is 15.1. The molecule has 0 aliphatic carbocycles. The number of methoxy groups -OCH3 is 1. The topological polar surface area (TPSA) is 48.0 Å². The second kappa shape index (κ2) is 8.02. The molecule has 3 aromatic rings. The Hall–Kier alpha value is -3.86. The van der Waals surface area contributed by atoms with Gasteiger partial charge in [0.25, 0.3) is 11.2 Å². The number of benzene rings is 2. The fourth-order valence-electron chi connectivity index (χ4n) is 2.66. The van der Waals surface area contributed by atoms with E-state index in [9.17, 15) is 18.0 Å². The largest absolute Gasteiger partial charge is 0.497 e. The SMILES string of the molecule is [C-]#[N+]c1c(C(F)(F)F)cc(-c2ccccc2)n(/N=C/c2ccc(OC)cc2)c1=O. The summed E-state index contributed by atoms with van der Waals surface area (Å²) in [6, 6.07) is 15.6. The van der Waals surface area contributed by atoms with Gasteiger partial charge in [0.2, 0.25) is 0 Å². The van der Waals surface area contributed by atoms with Gasteiger partial charge in [-0.2, -0.15) is 18.3 Å². The molecule has 2 aromatic carbocycles. The van der Waals surface area contributed by atoms with Crippen molar-refractivity contribution in [3.05, 3.63) is 93.6 Å². The standard InChI is InChI=1S/C21H14F3N3O2/c1-25-19-17(21(22,23)24)12-18(15-6-4-3-5-7-15)27(20(19)28)26-13-14-8-10-16(29-2)11-9-14/h3-13H,2H3/b26-13+. The minimum absolute atomic E-state index is 0.0694. The molecule has 0 amide bonds. The van der Waals surface area contributed by atoms with Gasteiger partial charge < -0.3 is 4.74 Å². The van der Waals surface area contributed by atoms with Crippen LogP contribution in [0.5, 0.6) is 5.75 Å². The summed E-state index contributed by atoms with van der Waals surface area (Å²) in [4.78, 5) is 15.5. The van der Waals surface area contributed by atoms with E-state index in [0.717, 1.165) is 10.7 Å². The lowest BCUT2D eigenvalue weighted by Crippen LogP contribution is -2.22. The van der Waals surface area contributed by atoms with Crippen LogP contribution in [-0.2, 0) is 6.18 Å². The van der Waals surface area contributed by atoms with Crippen molar-refractivity contribution in [1.82, 2.24) is 4.68 Å². The van der Waals surface area contributed by atoms with Crippen molar-refractivity contribution in [2.75, 3.05) is 7.11 Å². The third kappa shape index (κ3) is 4.19. The first-order chi connectivity index (χ1) is 13.8. The molecule has 29 heavy (non-hydrogen) atoms. The molecule has 0 saturated heterocycles. The Bertz CT molecular complexity index is 1140. The van der Waals surface area contributed by atoms with E-state index in [-0.39, 0.29) is 5.69 Å². The average molecular weight is 397 g/mol. The van der Waals surface area contributed by atoms with Crippen molar-refractivity contribution < 1.29 is 17.9 Å². The number of pyridine rings is 1. The van der Waals surface area contributed by atoms with Gasteiger partial charge in [-0.1, -0.05) is 30.3 Å². The third-order valence-electron chi connectivity index (χ3n) is 4.08. The van der Waals surface area contributed by atoms with Crippen LogP contribution in [0, 0.1) is 6.57 Å². The molecule has 0 saturated carbocycles. The molecule has 1 aromatic heterocycles. The number of rotatable bonds is 4. The molecule has 5 nitrogen and oxygen atoms in total. The number of nitrogens with zero attached hydrogens (tertiary/aromatic N) is 3. The number of ether oxygens (including phenoxy) is 1. The summed E-state index contributed by atoms with van der Waals surface area (Å²) in [6.07, 6.45) is -3.52. The van der Waals surface area contributed by atoms with Crippen molar-refractivity contribution in [2.24, 2.45) is 5.10 Å². The molecule has 0 aliphatic rings. The average Bonchev–Trinajstić information content (AvgIpc) is 2.72. The van der Waals surface area contributed by atoms with Gasteiger partial charge in [-0.3, -0.25) is 4.79 Å². The minimum atomic E-state index is -4.85. The van der Waals surface area contributed by atoms with E-state index in [4.69, 9.17) is 11.3 Å². The predicted octanol–water partition coefficient (Wildman–Crippen LogP) is 4.98. The van der Waals surface area contributed by atoms with Crippen LogP contribution in [-0.4, -0.2) is 18.0 Å². The third-order valence-corrected chi connectivity index (χ3v) is 4.08. The molecule has 0 spiro atoms. The van der Waals surface area contributed by atoms with Crippen LogP contribution in [0.4, 0.5) is 18.9 Å². The van der Waals surface area contributed by atoms with Gasteiger partial charge in [-0.15, -0.1) is 0 Å². The van der Waals surface area contributed by atoms with Crippen LogP contribution in [0.3, 0.4) is 0 Å². The fourth-order valence-corrected chi connectivity index (χ4v) is 2.66. The Labute approximate surface area is 164 Å². The summed E-state index contributed by atoms with van der Waals surface area (Å²) in [5.41, 5.74) is -2.56. The monoisotopic (exact) mass is 397 g/mol. The van der Waals surface area contributed by atoms with Gasteiger partial charge in [0.15, 0.2) is 0 Å². The molecular weight excluding hydrogens is 383 g/mol. The van der Waals surface area contributed by atoms with Gasteiger partial charge in [0, 0.05) is 5.56 Å². The summed E-state index contributed by atoms with van der Waals surface area (Å²) in [5.74, 6) is 0.620. The van der Waals surface area contributed by atoms with Crippen LogP contribution in [0.2, 0.25) is 0 Å². The van der Waals surface area contributed by atoms with Crippen molar-refractivity contribution in [2.45, 2.75) is 6.18 Å². The molecule has 0 unspecified atom stereocenters. The molecule has 0 fully saturated rings. The molecule has 0 N–H and O–H groups in total. The first-order valence-electron chi connectivity index (χ1n) is 8.33. The molecule has 0 aliphatic heterocycles. The maximum absolute atomic E-state index is 13.4. The van der Waals surface area contributed by atoms with Crippen molar-refractivity contribution >= 4 is 11.9 Å². The van der Waals surface area contributed by atoms with E-state index < -0.39 is 23.0 Å². The molecular formula is C21H14F3N3O2. The number of halogens is 3. The van der Waals surface area contributed by atoms with Gasteiger partial charge in [-0.25, -0.2) is 9.52 Å². The number of alkyl halides is 3. The van der Waals surface area contributed by atoms with E-state index in [0.29, 0.717) is 16.9 Å². The summed E-state index contributed by atoms with van der Waals surface area (Å²) >= 11 is 0. The van der Waals surface area contributed by atoms with Gasteiger partial charge in [0.1, 0.15) is 5.75 Å². The van der Waals surface area contributed by atoms with E-state index >= 15 is 0 Å². The van der Waals surface area contributed by atoms with Crippen LogP contribution in [0.1, 0.15) is 11.1 Å². The van der Waals surface area contributed by atoms with Crippen molar-refractivity contribution in [3.8, 4) is 17.0 Å². The zero-order chi connectivity index (χ0) is 21.0. The Morgan fingerprint density at radius 1 is 1.10 bits per heavy atom. The van der Waals surface area contributed by atoms with Crippen molar-refractivity contribution in [3.63, 3.8) is 0 Å². The van der Waals surface area contributed by atoms with Crippen LogP contribution in [0.25, 0.3) is 16.1 Å². The molecule has 0 radical (unpaired) electrons. The highest BCUT2D eigenvalue weighted by atomic mass is 19.4. The van der Waals surface area contributed by atoms with E-state index in [1.165, 1.54) is 13.3 Å². The molecule has 8 heteroatoms. The Morgan fingerprint density at radius 2 is 1.76 bits per heavy atom.